The van der Waals surface area contributed by atoms with Crippen LogP contribution in [0.1, 0.15) is 35.4 Å². The second kappa shape index (κ2) is 12.4. The quantitative estimate of drug-likeness (QED) is 0.412. The minimum atomic E-state index is -0.139. The van der Waals surface area contributed by atoms with E-state index >= 15 is 0 Å². The number of carbonyl (C=O) groups excluding carboxylic acids is 2. The van der Waals surface area contributed by atoms with E-state index < -0.39 is 0 Å². The molecule has 2 amide bonds. The lowest BCUT2D eigenvalue weighted by Crippen LogP contribution is -2.42. The SMILES string of the molecule is COc1ccc(C(=O)NCCCCCc2nc3ccccc3n2CC(=O)N2CCOCC2)cc1OC. The average molecular weight is 495 g/mol. The van der Waals surface area contributed by atoms with Crippen molar-refractivity contribution in [1.29, 1.82) is 0 Å². The van der Waals surface area contributed by atoms with Gasteiger partial charge in [-0.05, 0) is 43.2 Å². The van der Waals surface area contributed by atoms with E-state index in [0.717, 1.165) is 42.5 Å². The Kier molecular flexibility index (Phi) is 8.78. The van der Waals surface area contributed by atoms with Gasteiger partial charge in [0.2, 0.25) is 5.91 Å². The maximum atomic E-state index is 12.9. The van der Waals surface area contributed by atoms with Crippen LogP contribution in [-0.2, 0) is 22.5 Å². The Morgan fingerprint density at radius 2 is 1.78 bits per heavy atom. The molecule has 2 heterocycles. The standard InChI is InChI=1S/C27H34N4O5/c1-34-23-12-11-20(18-24(23)35-2)27(33)28-13-7-3-4-10-25-29-21-8-5-6-9-22(21)31(25)19-26(32)30-14-16-36-17-15-30/h5-6,8-9,11-12,18H,3-4,7,10,13-17,19H2,1-2H3,(H,28,33). The molecule has 0 saturated carbocycles. The number of imidazole rings is 1. The summed E-state index contributed by atoms with van der Waals surface area (Å²) in [5, 5.41) is 2.97. The van der Waals surface area contributed by atoms with Crippen LogP contribution in [0.15, 0.2) is 42.5 Å². The first-order valence-corrected chi connectivity index (χ1v) is 12.4. The first-order chi connectivity index (χ1) is 17.6. The topological polar surface area (TPSA) is 94.9 Å². The fourth-order valence-electron chi connectivity index (χ4n) is 4.41. The molecule has 192 valence electrons. The van der Waals surface area contributed by atoms with Crippen molar-refractivity contribution in [2.24, 2.45) is 0 Å². The molecule has 9 heteroatoms. The summed E-state index contributed by atoms with van der Waals surface area (Å²) in [6.07, 6.45) is 3.48. The molecule has 1 fully saturated rings. The van der Waals surface area contributed by atoms with Crippen LogP contribution in [0.2, 0.25) is 0 Å². The van der Waals surface area contributed by atoms with Crippen molar-refractivity contribution in [1.82, 2.24) is 19.8 Å². The average Bonchev–Trinajstić information content (AvgIpc) is 3.27. The predicted molar refractivity (Wildman–Crippen MR) is 137 cm³/mol. The Labute approximate surface area is 211 Å². The molecule has 0 bridgehead atoms. The largest absolute Gasteiger partial charge is 0.493 e. The summed E-state index contributed by atoms with van der Waals surface area (Å²) >= 11 is 0. The number of ether oxygens (including phenoxy) is 3. The number of rotatable bonds is 11. The number of fused-ring (bicyclic) bond motifs is 1. The van der Waals surface area contributed by atoms with Gasteiger partial charge < -0.3 is 29.0 Å². The number of benzene rings is 2. The summed E-state index contributed by atoms with van der Waals surface area (Å²) in [6.45, 7) is 3.32. The van der Waals surface area contributed by atoms with Crippen molar-refractivity contribution in [2.45, 2.75) is 32.2 Å². The molecular weight excluding hydrogens is 460 g/mol. The van der Waals surface area contributed by atoms with E-state index in [0.29, 0.717) is 49.9 Å². The number of para-hydroxylation sites is 2. The first-order valence-electron chi connectivity index (χ1n) is 12.4. The minimum absolute atomic E-state index is 0.0978. The van der Waals surface area contributed by atoms with E-state index in [1.165, 1.54) is 0 Å². The monoisotopic (exact) mass is 494 g/mol. The molecule has 36 heavy (non-hydrogen) atoms. The number of aromatic nitrogens is 2. The second-order valence-corrected chi connectivity index (χ2v) is 8.73. The fraction of sp³-hybridized carbons (Fsp3) is 0.444. The lowest BCUT2D eigenvalue weighted by molar-refractivity contribution is -0.135. The Bertz CT molecular complexity index is 1190. The lowest BCUT2D eigenvalue weighted by Gasteiger charge is -2.27. The number of methoxy groups -OCH3 is 2. The van der Waals surface area contributed by atoms with Crippen LogP contribution in [0.25, 0.3) is 11.0 Å². The Hall–Kier alpha value is -3.59. The highest BCUT2D eigenvalue weighted by Crippen LogP contribution is 2.27. The zero-order valence-electron chi connectivity index (χ0n) is 21.0. The van der Waals surface area contributed by atoms with Crippen LogP contribution in [0.3, 0.4) is 0 Å². The van der Waals surface area contributed by atoms with Gasteiger partial charge in [-0.25, -0.2) is 4.98 Å². The van der Waals surface area contributed by atoms with Gasteiger partial charge in [-0.2, -0.15) is 0 Å². The van der Waals surface area contributed by atoms with Crippen molar-refractivity contribution in [3.63, 3.8) is 0 Å². The van der Waals surface area contributed by atoms with Crippen LogP contribution < -0.4 is 14.8 Å². The Morgan fingerprint density at radius 3 is 2.56 bits per heavy atom. The highest BCUT2D eigenvalue weighted by molar-refractivity contribution is 5.94. The number of morpholine rings is 1. The molecule has 0 atom stereocenters. The maximum Gasteiger partial charge on any atom is 0.251 e. The van der Waals surface area contributed by atoms with Crippen LogP contribution in [0.4, 0.5) is 0 Å². The Balaban J connectivity index is 1.28. The van der Waals surface area contributed by atoms with Gasteiger partial charge in [0.1, 0.15) is 12.4 Å². The van der Waals surface area contributed by atoms with E-state index in [9.17, 15) is 9.59 Å². The molecule has 2 aromatic carbocycles. The molecule has 0 spiro atoms. The molecular formula is C27H34N4O5. The summed E-state index contributed by atoms with van der Waals surface area (Å²) in [6, 6.07) is 13.1. The summed E-state index contributed by atoms with van der Waals surface area (Å²) in [7, 11) is 3.11. The molecule has 4 rings (SSSR count). The van der Waals surface area contributed by atoms with Crippen LogP contribution in [0.5, 0.6) is 11.5 Å². The van der Waals surface area contributed by atoms with Crippen LogP contribution in [-0.4, -0.2) is 73.3 Å². The van der Waals surface area contributed by atoms with Gasteiger partial charge in [0.15, 0.2) is 11.5 Å². The first kappa shape index (κ1) is 25.5. The maximum absolute atomic E-state index is 12.9. The van der Waals surface area contributed by atoms with Gasteiger partial charge in [0.05, 0.1) is 38.5 Å². The molecule has 3 aromatic rings. The van der Waals surface area contributed by atoms with Crippen molar-refractivity contribution in [2.75, 3.05) is 47.1 Å². The number of hydrogen-bond donors (Lipinski definition) is 1. The summed E-state index contributed by atoms with van der Waals surface area (Å²) < 4.78 is 17.9. The summed E-state index contributed by atoms with van der Waals surface area (Å²) in [5.41, 5.74) is 2.42. The van der Waals surface area contributed by atoms with Crippen LogP contribution in [0, 0.1) is 0 Å². The summed E-state index contributed by atoms with van der Waals surface area (Å²) in [5.74, 6) is 2.00. The van der Waals surface area contributed by atoms with Crippen molar-refractivity contribution in [3.05, 3.63) is 53.9 Å². The highest BCUT2D eigenvalue weighted by Gasteiger charge is 2.20. The van der Waals surface area contributed by atoms with Gasteiger partial charge in [-0.15, -0.1) is 0 Å². The highest BCUT2D eigenvalue weighted by atomic mass is 16.5. The predicted octanol–water partition coefficient (Wildman–Crippen LogP) is 3.06. The van der Waals surface area contributed by atoms with Crippen molar-refractivity contribution < 1.29 is 23.8 Å². The van der Waals surface area contributed by atoms with E-state index in [2.05, 4.69) is 5.32 Å². The van der Waals surface area contributed by atoms with Gasteiger partial charge in [-0.3, -0.25) is 9.59 Å². The van der Waals surface area contributed by atoms with E-state index in [-0.39, 0.29) is 18.4 Å². The zero-order chi connectivity index (χ0) is 25.3. The van der Waals surface area contributed by atoms with Gasteiger partial charge in [-0.1, -0.05) is 18.6 Å². The fourth-order valence-corrected chi connectivity index (χ4v) is 4.41. The number of nitrogens with one attached hydrogen (secondary N) is 1. The third kappa shape index (κ3) is 6.15. The minimum Gasteiger partial charge on any atom is -0.493 e. The number of hydrogen-bond acceptors (Lipinski definition) is 6. The molecule has 0 unspecified atom stereocenters. The lowest BCUT2D eigenvalue weighted by atomic mass is 10.1. The second-order valence-electron chi connectivity index (χ2n) is 8.73. The molecule has 1 aliphatic heterocycles. The van der Waals surface area contributed by atoms with Gasteiger partial charge in [0.25, 0.3) is 5.91 Å². The number of carbonyl (C=O) groups is 2. The molecule has 1 aliphatic rings. The van der Waals surface area contributed by atoms with E-state index in [1.807, 2.05) is 33.7 Å². The molecule has 1 aromatic heterocycles. The third-order valence-corrected chi connectivity index (χ3v) is 6.40. The van der Waals surface area contributed by atoms with E-state index in [1.54, 1.807) is 32.4 Å². The number of aryl methyl sites for hydroxylation is 1. The van der Waals surface area contributed by atoms with E-state index in [4.69, 9.17) is 19.2 Å². The number of amides is 2. The normalized spacial score (nSPS) is 13.6. The van der Waals surface area contributed by atoms with Crippen LogP contribution >= 0.6 is 0 Å². The Morgan fingerprint density at radius 1 is 1.00 bits per heavy atom. The molecule has 0 aliphatic carbocycles. The molecule has 0 radical (unpaired) electrons. The van der Waals surface area contributed by atoms with Gasteiger partial charge >= 0.3 is 0 Å². The third-order valence-electron chi connectivity index (χ3n) is 6.40. The number of unbranched alkanes of at least 4 members (excludes halogenated alkanes) is 2. The van der Waals surface area contributed by atoms with Crippen molar-refractivity contribution >= 4 is 22.8 Å². The molecule has 1 N–H and O–H groups in total. The summed E-state index contributed by atoms with van der Waals surface area (Å²) in [4.78, 5) is 32.0. The smallest absolute Gasteiger partial charge is 0.251 e. The zero-order valence-corrected chi connectivity index (χ0v) is 21.0. The van der Waals surface area contributed by atoms with Gasteiger partial charge in [0, 0.05) is 31.6 Å². The molecule has 9 nitrogen and oxygen atoms in total. The molecule has 1 saturated heterocycles. The number of nitrogens with zero attached hydrogens (tertiary/aromatic N) is 3. The van der Waals surface area contributed by atoms with Crippen molar-refractivity contribution in [3.8, 4) is 11.5 Å².